The molecule has 3 rings (SSSR count). The number of nitriles is 1. The van der Waals surface area contributed by atoms with Crippen molar-refractivity contribution in [3.8, 4) is 6.07 Å². The molecule has 29 heavy (non-hydrogen) atoms. The molecule has 7 nitrogen and oxygen atoms in total. The molecule has 0 fully saturated rings. The van der Waals surface area contributed by atoms with Crippen LogP contribution < -0.4 is 0 Å². The molecule has 0 aliphatic carbocycles. The first kappa shape index (κ1) is 22.3. The van der Waals surface area contributed by atoms with E-state index in [0.717, 1.165) is 43.9 Å². The molecule has 0 saturated carbocycles. The summed E-state index contributed by atoms with van der Waals surface area (Å²) < 4.78 is 1.91. The molecule has 0 saturated heterocycles. The van der Waals surface area contributed by atoms with E-state index in [2.05, 4.69) is 49.0 Å². The van der Waals surface area contributed by atoms with Crippen molar-refractivity contribution in [3.63, 3.8) is 0 Å². The number of carbonyl (C=O) groups is 2. The fraction of sp³-hybridized carbons (Fsp3) is 0.455. The molecule has 7 heteroatoms. The van der Waals surface area contributed by atoms with Crippen LogP contribution in [0.1, 0.15) is 60.9 Å². The minimum Gasteiger partial charge on any atom is -0.483 e. The standard InChI is InChI=1S/C21H26N4O.CH2O2/c1-21(2,3)17-8-6-16(7-9-17)20(26)5-4-10-24-11-12-25-19(15-24)13-18(14-22)23-25;2-1-3/h6-9,13H,4-5,10-12,15H2,1-3H3;1H,(H,2,3). The Morgan fingerprint density at radius 2 is 1.93 bits per heavy atom. The van der Waals surface area contributed by atoms with Crippen molar-refractivity contribution >= 4 is 12.3 Å². The lowest BCUT2D eigenvalue weighted by Crippen LogP contribution is -2.34. The molecular formula is C22H28N4O3. The second-order valence-corrected chi connectivity index (χ2v) is 8.09. The summed E-state index contributed by atoms with van der Waals surface area (Å²) in [6, 6.07) is 12.0. The molecule has 1 aromatic heterocycles. The van der Waals surface area contributed by atoms with Crippen LogP contribution in [0.3, 0.4) is 0 Å². The van der Waals surface area contributed by atoms with Gasteiger partial charge >= 0.3 is 0 Å². The number of Topliss-reactive ketones (excluding diaryl/α,β-unsaturated/α-hetero) is 1. The van der Waals surface area contributed by atoms with E-state index < -0.39 is 0 Å². The highest BCUT2D eigenvalue weighted by atomic mass is 16.3. The number of ketones is 1. The van der Waals surface area contributed by atoms with Crippen molar-refractivity contribution in [2.24, 2.45) is 0 Å². The highest BCUT2D eigenvalue weighted by Gasteiger charge is 2.19. The summed E-state index contributed by atoms with van der Waals surface area (Å²) in [5, 5.41) is 20.1. The quantitative estimate of drug-likeness (QED) is 0.615. The number of benzene rings is 1. The number of aromatic nitrogens is 2. The normalized spacial score (nSPS) is 13.6. The molecule has 154 valence electrons. The molecule has 2 aromatic rings. The fourth-order valence-corrected chi connectivity index (χ4v) is 3.33. The summed E-state index contributed by atoms with van der Waals surface area (Å²) in [7, 11) is 0. The van der Waals surface area contributed by atoms with Crippen molar-refractivity contribution in [2.75, 3.05) is 13.1 Å². The van der Waals surface area contributed by atoms with Gasteiger partial charge in [0.05, 0.1) is 12.2 Å². The lowest BCUT2D eigenvalue weighted by Gasteiger charge is -2.27. The lowest BCUT2D eigenvalue weighted by molar-refractivity contribution is -0.122. The van der Waals surface area contributed by atoms with E-state index >= 15 is 0 Å². The zero-order valence-corrected chi connectivity index (χ0v) is 17.3. The molecule has 2 heterocycles. The predicted molar refractivity (Wildman–Crippen MR) is 110 cm³/mol. The van der Waals surface area contributed by atoms with E-state index in [9.17, 15) is 4.79 Å². The Hall–Kier alpha value is -2.98. The zero-order valence-electron chi connectivity index (χ0n) is 17.3. The van der Waals surface area contributed by atoms with E-state index in [0.29, 0.717) is 12.1 Å². The number of hydrogen-bond acceptors (Lipinski definition) is 5. The molecular weight excluding hydrogens is 368 g/mol. The molecule has 1 aliphatic heterocycles. The number of rotatable bonds is 5. The molecule has 0 amide bonds. The summed E-state index contributed by atoms with van der Waals surface area (Å²) >= 11 is 0. The summed E-state index contributed by atoms with van der Waals surface area (Å²) in [5.74, 6) is 0.208. The molecule has 1 aromatic carbocycles. The van der Waals surface area contributed by atoms with Gasteiger partial charge in [-0.1, -0.05) is 45.0 Å². The lowest BCUT2D eigenvalue weighted by atomic mass is 9.86. The second-order valence-electron chi connectivity index (χ2n) is 8.09. The van der Waals surface area contributed by atoms with Crippen LogP contribution in [0.5, 0.6) is 0 Å². The largest absolute Gasteiger partial charge is 0.483 e. The summed E-state index contributed by atoms with van der Waals surface area (Å²) in [5.41, 5.74) is 3.71. The van der Waals surface area contributed by atoms with Crippen LogP contribution in [0.4, 0.5) is 0 Å². The van der Waals surface area contributed by atoms with Crippen molar-refractivity contribution in [1.29, 1.82) is 5.26 Å². The third-order valence-corrected chi connectivity index (χ3v) is 4.94. The van der Waals surface area contributed by atoms with Gasteiger partial charge in [-0.2, -0.15) is 10.4 Å². The van der Waals surface area contributed by atoms with Crippen LogP contribution in [0, 0.1) is 11.3 Å². The highest BCUT2D eigenvalue weighted by Crippen LogP contribution is 2.22. The van der Waals surface area contributed by atoms with Crippen LogP contribution in [-0.4, -0.2) is 45.1 Å². The van der Waals surface area contributed by atoms with Crippen LogP contribution in [0.15, 0.2) is 30.3 Å². The summed E-state index contributed by atoms with van der Waals surface area (Å²) in [6.45, 7) is 9.67. The Balaban J connectivity index is 0.000000941. The van der Waals surface area contributed by atoms with Gasteiger partial charge in [-0.05, 0) is 30.0 Å². The van der Waals surface area contributed by atoms with Gasteiger partial charge < -0.3 is 5.11 Å². The number of carbonyl (C=O) groups excluding carboxylic acids is 1. The number of fused-ring (bicyclic) bond motifs is 1. The number of hydrogen-bond donors (Lipinski definition) is 1. The number of nitrogens with zero attached hydrogens (tertiary/aromatic N) is 4. The Kier molecular flexibility index (Phi) is 7.68. The van der Waals surface area contributed by atoms with Gasteiger partial charge in [-0.3, -0.25) is 19.2 Å². The monoisotopic (exact) mass is 396 g/mol. The molecule has 0 spiro atoms. The maximum absolute atomic E-state index is 12.4. The maximum atomic E-state index is 12.4. The average Bonchev–Trinajstić information content (AvgIpc) is 3.10. The van der Waals surface area contributed by atoms with Gasteiger partial charge in [-0.15, -0.1) is 0 Å². The SMILES string of the molecule is CC(C)(C)c1ccc(C(=O)CCCN2CCn3nc(C#N)cc3C2)cc1.O=CO. The molecule has 0 bridgehead atoms. The minimum atomic E-state index is -0.250. The van der Waals surface area contributed by atoms with Crippen LogP contribution in [-0.2, 0) is 23.3 Å². The van der Waals surface area contributed by atoms with Gasteiger partial charge in [0, 0.05) is 25.1 Å². The van der Waals surface area contributed by atoms with Crippen LogP contribution >= 0.6 is 0 Å². The van der Waals surface area contributed by atoms with Crippen molar-refractivity contribution in [1.82, 2.24) is 14.7 Å². The Morgan fingerprint density at radius 1 is 1.28 bits per heavy atom. The van der Waals surface area contributed by atoms with Gasteiger partial charge in [-0.25, -0.2) is 0 Å². The molecule has 1 N–H and O–H groups in total. The number of carboxylic acid groups (broad SMARTS) is 1. The van der Waals surface area contributed by atoms with Gasteiger partial charge in [0.1, 0.15) is 6.07 Å². The van der Waals surface area contributed by atoms with Gasteiger partial charge in [0.2, 0.25) is 0 Å². The maximum Gasteiger partial charge on any atom is 0.290 e. The topological polar surface area (TPSA) is 99.2 Å². The van der Waals surface area contributed by atoms with E-state index in [1.54, 1.807) is 0 Å². The minimum absolute atomic E-state index is 0.105. The third kappa shape index (κ3) is 6.26. The average molecular weight is 396 g/mol. The first-order valence-electron chi connectivity index (χ1n) is 9.69. The smallest absolute Gasteiger partial charge is 0.290 e. The van der Waals surface area contributed by atoms with Gasteiger partial charge in [0.25, 0.3) is 6.47 Å². The molecule has 1 aliphatic rings. The van der Waals surface area contributed by atoms with E-state index in [1.807, 2.05) is 22.9 Å². The molecule has 0 unspecified atom stereocenters. The third-order valence-electron chi connectivity index (χ3n) is 4.94. The van der Waals surface area contributed by atoms with E-state index in [-0.39, 0.29) is 17.7 Å². The van der Waals surface area contributed by atoms with Crippen molar-refractivity contribution in [3.05, 3.63) is 52.8 Å². The summed E-state index contributed by atoms with van der Waals surface area (Å²) in [6.07, 6.45) is 1.41. The van der Waals surface area contributed by atoms with Crippen molar-refractivity contribution in [2.45, 2.75) is 52.1 Å². The molecule has 0 atom stereocenters. The molecule has 0 radical (unpaired) electrons. The summed E-state index contributed by atoms with van der Waals surface area (Å²) in [4.78, 5) is 23.1. The zero-order chi connectivity index (χ0) is 21.4. The van der Waals surface area contributed by atoms with E-state index in [4.69, 9.17) is 15.2 Å². The van der Waals surface area contributed by atoms with Crippen LogP contribution in [0.25, 0.3) is 0 Å². The Morgan fingerprint density at radius 3 is 2.52 bits per heavy atom. The predicted octanol–water partition coefficient (Wildman–Crippen LogP) is 3.23. The Bertz CT molecular complexity index is 873. The van der Waals surface area contributed by atoms with Crippen molar-refractivity contribution < 1.29 is 14.7 Å². The first-order valence-corrected chi connectivity index (χ1v) is 9.69. The Labute approximate surface area is 171 Å². The van der Waals surface area contributed by atoms with E-state index in [1.165, 1.54) is 5.56 Å². The van der Waals surface area contributed by atoms with Gasteiger partial charge in [0.15, 0.2) is 11.5 Å². The fourth-order valence-electron chi connectivity index (χ4n) is 3.33. The van der Waals surface area contributed by atoms with Crippen LogP contribution in [0.2, 0.25) is 0 Å². The first-order chi connectivity index (χ1) is 13.8. The second kappa shape index (κ2) is 9.99. The highest BCUT2D eigenvalue weighted by molar-refractivity contribution is 5.96.